The molecule has 10 aromatic carbocycles. The van der Waals surface area contributed by atoms with Crippen LogP contribution in [-0.4, -0.2) is 0 Å². The van der Waals surface area contributed by atoms with Crippen molar-refractivity contribution in [3.63, 3.8) is 0 Å². The fourth-order valence-electron chi connectivity index (χ4n) is 8.75. The van der Waals surface area contributed by atoms with E-state index in [1.165, 1.54) is 38.8 Å². The van der Waals surface area contributed by atoms with Gasteiger partial charge in [0.25, 0.3) is 0 Å². The molecule has 11 rings (SSSR count). The minimum Gasteiger partial charge on any atom is -0.455 e. The number of hydrogen-bond acceptors (Lipinski definition) is 2. The van der Waals surface area contributed by atoms with Crippen LogP contribution in [0.2, 0.25) is 0 Å². The first-order valence-electron chi connectivity index (χ1n) is 20.5. The molecule has 1 aromatic heterocycles. The fraction of sp³-hybridized carbons (Fsp3) is 0. The number of nitrogens with zero attached hydrogens (tertiary/aromatic N) is 1. The molecule has 0 bridgehead atoms. The topological polar surface area (TPSA) is 16.4 Å². The second-order valence-corrected chi connectivity index (χ2v) is 15.3. The summed E-state index contributed by atoms with van der Waals surface area (Å²) in [6.45, 7) is 0. The van der Waals surface area contributed by atoms with Gasteiger partial charge in [-0.3, -0.25) is 0 Å². The summed E-state index contributed by atoms with van der Waals surface area (Å²) < 4.78 is 7.06. The molecule has 2 heteroatoms. The summed E-state index contributed by atoms with van der Waals surface area (Å²) in [6, 6.07) is 84.6. The molecular weight excluding hydrogens is 727 g/mol. The summed E-state index contributed by atoms with van der Waals surface area (Å²) in [5.41, 5.74) is 16.7. The van der Waals surface area contributed by atoms with Crippen LogP contribution in [-0.2, 0) is 0 Å². The van der Waals surface area contributed by atoms with E-state index in [0.29, 0.717) is 0 Å². The number of fused-ring (bicyclic) bond motifs is 5. The average Bonchev–Trinajstić information content (AvgIpc) is 3.73. The summed E-state index contributed by atoms with van der Waals surface area (Å²) in [4.78, 5) is 2.34. The third-order valence-corrected chi connectivity index (χ3v) is 11.7. The van der Waals surface area contributed by atoms with Crippen LogP contribution in [0.25, 0.3) is 88.3 Å². The molecule has 2 nitrogen and oxygen atoms in total. The highest BCUT2D eigenvalue weighted by Crippen LogP contribution is 2.47. The van der Waals surface area contributed by atoms with E-state index in [-0.39, 0.29) is 0 Å². The monoisotopic (exact) mass is 765 g/mol. The summed E-state index contributed by atoms with van der Waals surface area (Å²) in [7, 11) is 0. The quantitative estimate of drug-likeness (QED) is 0.153. The molecule has 0 unspecified atom stereocenters. The molecule has 0 saturated carbocycles. The van der Waals surface area contributed by atoms with E-state index >= 15 is 0 Å². The van der Waals surface area contributed by atoms with E-state index < -0.39 is 0 Å². The summed E-state index contributed by atoms with van der Waals surface area (Å²) in [6.07, 6.45) is 0. The highest BCUT2D eigenvalue weighted by Gasteiger charge is 2.21. The molecule has 0 N–H and O–H groups in total. The van der Waals surface area contributed by atoms with Gasteiger partial charge in [-0.2, -0.15) is 0 Å². The zero-order valence-corrected chi connectivity index (χ0v) is 32.9. The number of rotatable bonds is 8. The van der Waals surface area contributed by atoms with Gasteiger partial charge in [-0.25, -0.2) is 0 Å². The second kappa shape index (κ2) is 15.1. The smallest absolute Gasteiger partial charge is 0.143 e. The second-order valence-electron chi connectivity index (χ2n) is 15.3. The van der Waals surface area contributed by atoms with E-state index in [4.69, 9.17) is 4.42 Å². The van der Waals surface area contributed by atoms with Crippen molar-refractivity contribution in [1.82, 2.24) is 0 Å². The van der Waals surface area contributed by atoms with E-state index in [1.54, 1.807) is 0 Å². The van der Waals surface area contributed by atoms with Crippen molar-refractivity contribution in [3.05, 3.63) is 237 Å². The molecule has 60 heavy (non-hydrogen) atoms. The van der Waals surface area contributed by atoms with Crippen molar-refractivity contribution in [3.8, 4) is 55.6 Å². The Morgan fingerprint density at radius 2 is 0.617 bits per heavy atom. The van der Waals surface area contributed by atoms with E-state index in [0.717, 1.165) is 66.6 Å². The standard InChI is InChI=1S/C58H39NO/c1-5-15-40(16-6-1)42-25-31-47(32-26-42)59(48-33-27-43(28-34-48)41-17-7-2-8-18-41)49-35-29-46(30-36-49)50-37-38-51(44-19-9-3-10-20-44)58-56(50)55-39-54(45-21-11-4-12-22-45)52-23-13-14-24-53(52)57(55)60-58/h1-39H. The molecule has 0 amide bonds. The van der Waals surface area contributed by atoms with Gasteiger partial charge in [0.05, 0.1) is 0 Å². The Labute approximate surface area is 349 Å². The number of furan rings is 1. The van der Waals surface area contributed by atoms with Gasteiger partial charge < -0.3 is 9.32 Å². The van der Waals surface area contributed by atoms with Gasteiger partial charge in [0.2, 0.25) is 0 Å². The first-order valence-corrected chi connectivity index (χ1v) is 20.5. The molecule has 0 aliphatic carbocycles. The lowest BCUT2D eigenvalue weighted by Crippen LogP contribution is -2.09. The third kappa shape index (κ3) is 6.32. The zero-order chi connectivity index (χ0) is 39.8. The van der Waals surface area contributed by atoms with Crippen molar-refractivity contribution < 1.29 is 4.42 Å². The molecule has 0 spiro atoms. The van der Waals surface area contributed by atoms with Gasteiger partial charge in [0.1, 0.15) is 11.2 Å². The number of hydrogen-bond donors (Lipinski definition) is 0. The molecule has 0 radical (unpaired) electrons. The predicted octanol–water partition coefficient (Wildman–Crippen LogP) is 16.5. The van der Waals surface area contributed by atoms with Crippen LogP contribution in [0.15, 0.2) is 241 Å². The van der Waals surface area contributed by atoms with Crippen LogP contribution in [0.3, 0.4) is 0 Å². The molecule has 0 aliphatic rings. The van der Waals surface area contributed by atoms with E-state index in [1.807, 2.05) is 0 Å². The van der Waals surface area contributed by atoms with Crippen molar-refractivity contribution in [2.24, 2.45) is 0 Å². The maximum absolute atomic E-state index is 7.06. The van der Waals surface area contributed by atoms with Crippen molar-refractivity contribution in [1.29, 1.82) is 0 Å². The predicted molar refractivity (Wildman–Crippen MR) is 253 cm³/mol. The normalized spacial score (nSPS) is 11.3. The minimum absolute atomic E-state index is 0.895. The SMILES string of the molecule is c1ccc(-c2ccc(N(c3ccc(-c4ccccc4)cc3)c3ccc(-c4ccc(-c5ccccc5)c5oc6c7ccccc7c(-c7ccccc7)cc6c45)cc3)cc2)cc1. The maximum Gasteiger partial charge on any atom is 0.143 e. The Balaban J connectivity index is 1.07. The molecule has 282 valence electrons. The zero-order valence-electron chi connectivity index (χ0n) is 32.9. The lowest BCUT2D eigenvalue weighted by Gasteiger charge is -2.26. The first kappa shape index (κ1) is 35.2. The first-order chi connectivity index (χ1) is 29.8. The van der Waals surface area contributed by atoms with E-state index in [2.05, 4.69) is 241 Å². The lowest BCUT2D eigenvalue weighted by atomic mass is 9.91. The van der Waals surface area contributed by atoms with Gasteiger partial charge in [0.15, 0.2) is 0 Å². The van der Waals surface area contributed by atoms with Crippen molar-refractivity contribution in [2.75, 3.05) is 4.90 Å². The van der Waals surface area contributed by atoms with Gasteiger partial charge in [-0.15, -0.1) is 0 Å². The summed E-state index contributed by atoms with van der Waals surface area (Å²) in [5, 5.41) is 4.51. The van der Waals surface area contributed by atoms with Crippen molar-refractivity contribution in [2.45, 2.75) is 0 Å². The lowest BCUT2D eigenvalue weighted by molar-refractivity contribution is 0.674. The van der Waals surface area contributed by atoms with E-state index in [9.17, 15) is 0 Å². The highest BCUT2D eigenvalue weighted by molar-refractivity contribution is 6.24. The molecule has 1 heterocycles. The molecule has 0 saturated heterocycles. The Morgan fingerprint density at radius 1 is 0.250 bits per heavy atom. The molecule has 0 fully saturated rings. The fourth-order valence-corrected chi connectivity index (χ4v) is 8.75. The van der Waals surface area contributed by atoms with Crippen LogP contribution in [0.5, 0.6) is 0 Å². The van der Waals surface area contributed by atoms with Crippen LogP contribution in [0.1, 0.15) is 0 Å². The average molecular weight is 766 g/mol. The van der Waals surface area contributed by atoms with Crippen LogP contribution >= 0.6 is 0 Å². The van der Waals surface area contributed by atoms with Crippen LogP contribution in [0.4, 0.5) is 17.1 Å². The van der Waals surface area contributed by atoms with Gasteiger partial charge in [0, 0.05) is 38.8 Å². The largest absolute Gasteiger partial charge is 0.455 e. The highest BCUT2D eigenvalue weighted by atomic mass is 16.3. The van der Waals surface area contributed by atoms with Crippen LogP contribution < -0.4 is 4.90 Å². The molecule has 0 aliphatic heterocycles. The Kier molecular flexibility index (Phi) is 8.87. The number of benzene rings is 10. The molecular formula is C58H39NO. The van der Waals surface area contributed by atoms with Crippen molar-refractivity contribution >= 4 is 49.8 Å². The third-order valence-electron chi connectivity index (χ3n) is 11.7. The van der Waals surface area contributed by atoms with Crippen LogP contribution in [0, 0.1) is 0 Å². The summed E-state index contributed by atoms with van der Waals surface area (Å²) in [5.74, 6) is 0. The van der Waals surface area contributed by atoms with Gasteiger partial charge >= 0.3 is 0 Å². The van der Waals surface area contributed by atoms with Gasteiger partial charge in [-0.1, -0.05) is 188 Å². The molecule has 0 atom stereocenters. The number of anilines is 3. The Hall–Kier alpha value is -7.94. The minimum atomic E-state index is 0.895. The Bertz CT molecular complexity index is 3160. The molecule has 11 aromatic rings. The summed E-state index contributed by atoms with van der Waals surface area (Å²) >= 11 is 0. The Morgan fingerprint density at radius 3 is 1.12 bits per heavy atom. The maximum atomic E-state index is 7.06. The van der Waals surface area contributed by atoms with Gasteiger partial charge in [-0.05, 0) is 104 Å².